The first kappa shape index (κ1) is 15.6. The minimum atomic E-state index is -1.08. The summed E-state index contributed by atoms with van der Waals surface area (Å²) in [6, 6.07) is 7.85. The Morgan fingerprint density at radius 3 is 2.92 bits per heavy atom. The molecule has 1 aromatic carbocycles. The van der Waals surface area contributed by atoms with Crippen molar-refractivity contribution in [3.63, 3.8) is 0 Å². The third-order valence-corrected chi connectivity index (χ3v) is 3.42. The summed E-state index contributed by atoms with van der Waals surface area (Å²) in [5.74, 6) is -1.04. The van der Waals surface area contributed by atoms with E-state index in [0.717, 1.165) is 10.9 Å². The van der Waals surface area contributed by atoms with Crippen molar-refractivity contribution in [3.05, 3.63) is 54.7 Å². The van der Waals surface area contributed by atoms with Crippen LogP contribution >= 0.6 is 0 Å². The first-order valence-electron chi connectivity index (χ1n) is 7.23. The largest absolute Gasteiger partial charge is 0.394 e. The molecule has 2 amide bonds. The number of carbonyl (C=O) groups excluding carboxylic acids is 2. The van der Waals surface area contributed by atoms with Crippen LogP contribution in [0, 0.1) is 0 Å². The highest BCUT2D eigenvalue weighted by Crippen LogP contribution is 2.17. The molecule has 3 rings (SSSR count). The molecule has 0 aliphatic carbocycles. The number of nitrogens with zero attached hydrogens (tertiary/aromatic N) is 2. The number of pyridine rings is 1. The number of nitrogens with one attached hydrogen (secondary N) is 3. The molecule has 0 saturated carbocycles. The van der Waals surface area contributed by atoms with E-state index in [0.29, 0.717) is 5.69 Å². The summed E-state index contributed by atoms with van der Waals surface area (Å²) >= 11 is 0. The van der Waals surface area contributed by atoms with Gasteiger partial charge in [0.2, 0.25) is 5.91 Å². The summed E-state index contributed by atoms with van der Waals surface area (Å²) < 4.78 is 0. The number of hydrogen-bond donors (Lipinski definition) is 4. The van der Waals surface area contributed by atoms with E-state index in [-0.39, 0.29) is 5.69 Å². The normalized spacial score (nSPS) is 11.9. The third-order valence-electron chi connectivity index (χ3n) is 3.42. The van der Waals surface area contributed by atoms with Crippen molar-refractivity contribution in [2.45, 2.75) is 6.04 Å². The molecule has 1 atom stereocenters. The van der Waals surface area contributed by atoms with Crippen LogP contribution in [0.3, 0.4) is 0 Å². The van der Waals surface area contributed by atoms with Gasteiger partial charge in [-0.25, -0.2) is 4.98 Å². The second-order valence-electron chi connectivity index (χ2n) is 5.07. The van der Waals surface area contributed by atoms with Gasteiger partial charge in [-0.2, -0.15) is 0 Å². The van der Waals surface area contributed by atoms with Crippen LogP contribution < -0.4 is 10.6 Å². The summed E-state index contributed by atoms with van der Waals surface area (Å²) in [4.78, 5) is 34.7. The van der Waals surface area contributed by atoms with E-state index < -0.39 is 24.5 Å². The molecule has 3 aromatic rings. The number of amides is 2. The number of imidazole rings is 1. The molecule has 0 fully saturated rings. The van der Waals surface area contributed by atoms with Gasteiger partial charge in [-0.05, 0) is 24.3 Å². The van der Waals surface area contributed by atoms with Crippen LogP contribution in [0.15, 0.2) is 49.1 Å². The summed E-state index contributed by atoms with van der Waals surface area (Å²) in [5, 5.41) is 15.4. The van der Waals surface area contributed by atoms with Crippen LogP contribution in [-0.4, -0.2) is 44.5 Å². The molecular weight excluding hydrogens is 310 g/mol. The van der Waals surface area contributed by atoms with Gasteiger partial charge in [-0.1, -0.05) is 6.07 Å². The van der Waals surface area contributed by atoms with E-state index in [1.807, 2.05) is 6.07 Å². The molecule has 0 radical (unpaired) electrons. The number of aromatic amines is 1. The van der Waals surface area contributed by atoms with Gasteiger partial charge in [0.05, 0.1) is 24.6 Å². The van der Waals surface area contributed by atoms with Crippen LogP contribution in [0.5, 0.6) is 0 Å². The Morgan fingerprint density at radius 2 is 2.17 bits per heavy atom. The predicted molar refractivity (Wildman–Crippen MR) is 87.3 cm³/mol. The summed E-state index contributed by atoms with van der Waals surface area (Å²) in [7, 11) is 0. The molecule has 0 aliphatic heterocycles. The van der Waals surface area contributed by atoms with Crippen molar-refractivity contribution in [3.8, 4) is 0 Å². The van der Waals surface area contributed by atoms with Gasteiger partial charge in [-0.3, -0.25) is 14.6 Å². The number of hydrogen-bond acceptors (Lipinski definition) is 5. The first-order chi connectivity index (χ1) is 11.7. The molecule has 4 N–H and O–H groups in total. The van der Waals surface area contributed by atoms with Crippen LogP contribution in [0.25, 0.3) is 10.9 Å². The average molecular weight is 325 g/mol. The smallest absolute Gasteiger partial charge is 0.270 e. The van der Waals surface area contributed by atoms with E-state index in [2.05, 4.69) is 25.6 Å². The van der Waals surface area contributed by atoms with Crippen molar-refractivity contribution in [1.82, 2.24) is 20.3 Å². The molecule has 0 unspecified atom stereocenters. The lowest BCUT2D eigenvalue weighted by Crippen LogP contribution is -2.46. The molecule has 2 heterocycles. The number of aliphatic hydroxyl groups is 1. The minimum absolute atomic E-state index is 0.207. The molecule has 8 nitrogen and oxygen atoms in total. The molecule has 0 aliphatic rings. The van der Waals surface area contributed by atoms with E-state index in [4.69, 9.17) is 0 Å². The van der Waals surface area contributed by atoms with Gasteiger partial charge in [0, 0.05) is 17.3 Å². The maximum Gasteiger partial charge on any atom is 0.270 e. The second kappa shape index (κ2) is 6.88. The number of carbonyl (C=O) groups is 2. The standard InChI is InChI=1S/C16H15N5O3/c22-8-14(21-15(23)13-7-17-9-19-13)16(24)20-11-3-4-12-10(6-11)2-1-5-18-12/h1-7,9,14,22H,8H2,(H,17,19)(H,20,24)(H,21,23)/t14-/m0/s1. The van der Waals surface area contributed by atoms with Crippen molar-refractivity contribution in [2.24, 2.45) is 0 Å². The Kier molecular flexibility index (Phi) is 4.48. The quantitative estimate of drug-likeness (QED) is 0.550. The van der Waals surface area contributed by atoms with Crippen LogP contribution in [-0.2, 0) is 4.79 Å². The fourth-order valence-electron chi connectivity index (χ4n) is 2.19. The molecule has 122 valence electrons. The summed E-state index contributed by atoms with van der Waals surface area (Å²) in [6.45, 7) is -0.527. The number of H-pyrrole nitrogens is 1. The number of benzene rings is 1. The van der Waals surface area contributed by atoms with Crippen molar-refractivity contribution in [1.29, 1.82) is 0 Å². The Bertz CT molecular complexity index is 863. The molecule has 0 bridgehead atoms. The fraction of sp³-hybridized carbons (Fsp3) is 0.125. The molecule has 2 aromatic heterocycles. The zero-order chi connectivity index (χ0) is 16.9. The Balaban J connectivity index is 1.70. The molecule has 0 saturated heterocycles. The molecule has 8 heteroatoms. The highest BCUT2D eigenvalue weighted by molar-refractivity contribution is 6.01. The van der Waals surface area contributed by atoms with Crippen LogP contribution in [0.1, 0.15) is 10.5 Å². The Morgan fingerprint density at radius 1 is 1.29 bits per heavy atom. The number of fused-ring (bicyclic) bond motifs is 1. The predicted octanol–water partition coefficient (Wildman–Crippen LogP) is 0.687. The maximum absolute atomic E-state index is 12.3. The third kappa shape index (κ3) is 3.39. The average Bonchev–Trinajstić information content (AvgIpc) is 3.14. The van der Waals surface area contributed by atoms with Crippen LogP contribution in [0.2, 0.25) is 0 Å². The molecular formula is C16H15N5O3. The Hall–Kier alpha value is -3.26. The molecule has 0 spiro atoms. The van der Waals surface area contributed by atoms with E-state index in [9.17, 15) is 14.7 Å². The number of aliphatic hydroxyl groups excluding tert-OH is 1. The van der Waals surface area contributed by atoms with Gasteiger partial charge in [0.1, 0.15) is 11.7 Å². The highest BCUT2D eigenvalue weighted by Gasteiger charge is 2.21. The zero-order valence-electron chi connectivity index (χ0n) is 12.6. The lowest BCUT2D eigenvalue weighted by Gasteiger charge is -2.16. The highest BCUT2D eigenvalue weighted by atomic mass is 16.3. The monoisotopic (exact) mass is 325 g/mol. The minimum Gasteiger partial charge on any atom is -0.394 e. The lowest BCUT2D eigenvalue weighted by atomic mass is 10.2. The first-order valence-corrected chi connectivity index (χ1v) is 7.23. The fourth-order valence-corrected chi connectivity index (χ4v) is 2.19. The zero-order valence-corrected chi connectivity index (χ0v) is 12.6. The lowest BCUT2D eigenvalue weighted by molar-refractivity contribution is -0.118. The van der Waals surface area contributed by atoms with E-state index in [1.54, 1.807) is 30.5 Å². The van der Waals surface area contributed by atoms with Gasteiger partial charge >= 0.3 is 0 Å². The topological polar surface area (TPSA) is 120 Å². The second-order valence-corrected chi connectivity index (χ2v) is 5.07. The molecule has 24 heavy (non-hydrogen) atoms. The summed E-state index contributed by atoms with van der Waals surface area (Å²) in [5.41, 5.74) is 1.56. The van der Waals surface area contributed by atoms with Crippen molar-refractivity contribution < 1.29 is 14.7 Å². The van der Waals surface area contributed by atoms with Gasteiger partial charge < -0.3 is 20.7 Å². The van der Waals surface area contributed by atoms with Crippen LogP contribution in [0.4, 0.5) is 5.69 Å². The van der Waals surface area contributed by atoms with E-state index >= 15 is 0 Å². The summed E-state index contributed by atoms with van der Waals surface area (Å²) in [6.07, 6.45) is 4.37. The Labute approximate surface area is 136 Å². The number of rotatable bonds is 5. The van der Waals surface area contributed by atoms with Crippen molar-refractivity contribution >= 4 is 28.4 Å². The van der Waals surface area contributed by atoms with Crippen molar-refractivity contribution in [2.75, 3.05) is 11.9 Å². The SMILES string of the molecule is O=C(N[C@@H](CO)C(=O)Nc1ccc2ncccc2c1)c1cnc[nH]1. The maximum atomic E-state index is 12.3. The number of aromatic nitrogens is 3. The van der Waals surface area contributed by atoms with Gasteiger partial charge in [-0.15, -0.1) is 0 Å². The van der Waals surface area contributed by atoms with Gasteiger partial charge in [0.15, 0.2) is 0 Å². The van der Waals surface area contributed by atoms with E-state index in [1.165, 1.54) is 12.5 Å². The van der Waals surface area contributed by atoms with Gasteiger partial charge in [0.25, 0.3) is 5.91 Å². The number of anilines is 1.